The minimum absolute atomic E-state index is 0.325. The van der Waals surface area contributed by atoms with Gasteiger partial charge in [-0.1, -0.05) is 22.9 Å². The van der Waals surface area contributed by atoms with Crippen molar-refractivity contribution in [3.05, 3.63) is 10.0 Å². The van der Waals surface area contributed by atoms with Crippen molar-refractivity contribution in [1.29, 1.82) is 5.26 Å². The summed E-state index contributed by atoms with van der Waals surface area (Å²) in [5, 5.41) is 13.4. The molecule has 0 amide bonds. The zero-order valence-corrected chi connectivity index (χ0v) is 11.3. The molecule has 1 atom stereocenters. The van der Waals surface area contributed by atoms with Gasteiger partial charge in [0, 0.05) is 13.1 Å². The first-order chi connectivity index (χ1) is 8.22. The molecular weight excluding hydrogens is 256 g/mol. The lowest BCUT2D eigenvalue weighted by molar-refractivity contribution is 0.566. The van der Waals surface area contributed by atoms with Gasteiger partial charge in [0.2, 0.25) is 0 Å². The molecule has 1 N–H and O–H groups in total. The summed E-state index contributed by atoms with van der Waals surface area (Å²) in [5.74, 6) is 0. The van der Waals surface area contributed by atoms with Crippen LogP contribution in [0.1, 0.15) is 24.1 Å². The number of nitrogens with one attached hydrogen (secondary N) is 1. The number of rotatable bonds is 2. The van der Waals surface area contributed by atoms with E-state index >= 15 is 0 Å². The highest BCUT2D eigenvalue weighted by Crippen LogP contribution is 2.30. The van der Waals surface area contributed by atoms with E-state index in [0.717, 1.165) is 31.1 Å². The number of anilines is 1. The summed E-state index contributed by atoms with van der Waals surface area (Å²) in [6.45, 7) is 2.13. The van der Waals surface area contributed by atoms with Crippen molar-refractivity contribution in [2.45, 2.75) is 25.3 Å². The monoisotopic (exact) mass is 270 g/mol. The van der Waals surface area contributed by atoms with E-state index in [2.05, 4.69) is 21.3 Å². The normalized spacial score (nSPS) is 20.6. The van der Waals surface area contributed by atoms with Crippen molar-refractivity contribution in [3.8, 4) is 6.07 Å². The standard InChI is InChI=1S/C11H15ClN4S/c1-16(8-3-2-5-14-6-4-8)11-15-10(12)9(7-13)17-11/h8,14H,2-6H2,1H3. The highest BCUT2D eigenvalue weighted by atomic mass is 35.5. The highest BCUT2D eigenvalue weighted by molar-refractivity contribution is 7.16. The molecular formula is C11H15ClN4S. The van der Waals surface area contributed by atoms with Crippen molar-refractivity contribution < 1.29 is 0 Å². The van der Waals surface area contributed by atoms with Crippen molar-refractivity contribution >= 4 is 28.1 Å². The molecule has 1 aliphatic heterocycles. The Balaban J connectivity index is 2.12. The molecule has 0 radical (unpaired) electrons. The van der Waals surface area contributed by atoms with Gasteiger partial charge in [0.1, 0.15) is 10.9 Å². The number of aromatic nitrogens is 1. The molecule has 0 saturated carbocycles. The Kier molecular flexibility index (Phi) is 4.21. The molecule has 2 heterocycles. The van der Waals surface area contributed by atoms with Gasteiger partial charge in [-0.3, -0.25) is 0 Å². The first kappa shape index (κ1) is 12.6. The van der Waals surface area contributed by atoms with Gasteiger partial charge in [-0.15, -0.1) is 0 Å². The zero-order valence-electron chi connectivity index (χ0n) is 9.74. The van der Waals surface area contributed by atoms with Crippen LogP contribution in [0, 0.1) is 11.3 Å². The summed E-state index contributed by atoms with van der Waals surface area (Å²) < 4.78 is 0. The Hall–Kier alpha value is -0.830. The third-order valence-electron chi connectivity index (χ3n) is 3.07. The number of thiazole rings is 1. The molecule has 1 unspecified atom stereocenters. The van der Waals surface area contributed by atoms with Gasteiger partial charge in [0.05, 0.1) is 0 Å². The van der Waals surface area contributed by atoms with Crippen LogP contribution in [0.25, 0.3) is 0 Å². The van der Waals surface area contributed by atoms with E-state index < -0.39 is 0 Å². The first-order valence-electron chi connectivity index (χ1n) is 5.72. The molecule has 0 bridgehead atoms. The molecule has 0 spiro atoms. The Labute approximate surface area is 110 Å². The van der Waals surface area contributed by atoms with Crippen molar-refractivity contribution in [2.75, 3.05) is 25.0 Å². The molecule has 0 aromatic carbocycles. The summed E-state index contributed by atoms with van der Waals surface area (Å²) in [6, 6.07) is 2.56. The molecule has 17 heavy (non-hydrogen) atoms. The van der Waals surface area contributed by atoms with E-state index in [4.69, 9.17) is 16.9 Å². The number of nitriles is 1. The predicted molar refractivity (Wildman–Crippen MR) is 70.8 cm³/mol. The average molecular weight is 271 g/mol. The summed E-state index contributed by atoms with van der Waals surface area (Å²) in [6.07, 6.45) is 3.44. The average Bonchev–Trinajstić information content (AvgIpc) is 2.56. The molecule has 1 fully saturated rings. The van der Waals surface area contributed by atoms with Crippen LogP contribution in [0.15, 0.2) is 0 Å². The van der Waals surface area contributed by atoms with Crippen LogP contribution in [0.2, 0.25) is 5.15 Å². The SMILES string of the molecule is CN(c1nc(Cl)c(C#N)s1)C1CCCNCC1. The lowest BCUT2D eigenvalue weighted by Crippen LogP contribution is -2.32. The molecule has 4 nitrogen and oxygen atoms in total. The summed E-state index contributed by atoms with van der Waals surface area (Å²) in [5.41, 5.74) is 0. The van der Waals surface area contributed by atoms with E-state index in [1.807, 2.05) is 7.05 Å². The largest absolute Gasteiger partial charge is 0.348 e. The Morgan fingerprint density at radius 2 is 2.35 bits per heavy atom. The van der Waals surface area contributed by atoms with Gasteiger partial charge in [-0.25, -0.2) is 4.98 Å². The van der Waals surface area contributed by atoms with Gasteiger partial charge in [0.15, 0.2) is 10.3 Å². The zero-order chi connectivity index (χ0) is 12.3. The molecule has 1 aliphatic rings. The Bertz CT molecular complexity index is 418. The van der Waals surface area contributed by atoms with Gasteiger partial charge in [0.25, 0.3) is 0 Å². The van der Waals surface area contributed by atoms with Crippen molar-refractivity contribution in [3.63, 3.8) is 0 Å². The highest BCUT2D eigenvalue weighted by Gasteiger charge is 2.20. The molecule has 1 aromatic heterocycles. The summed E-state index contributed by atoms with van der Waals surface area (Å²) in [7, 11) is 2.03. The van der Waals surface area contributed by atoms with Crippen molar-refractivity contribution in [2.24, 2.45) is 0 Å². The molecule has 6 heteroatoms. The smallest absolute Gasteiger partial charge is 0.188 e. The van der Waals surface area contributed by atoms with Crippen LogP contribution in [-0.4, -0.2) is 31.2 Å². The fourth-order valence-electron chi connectivity index (χ4n) is 2.05. The van der Waals surface area contributed by atoms with Crippen LogP contribution >= 0.6 is 22.9 Å². The van der Waals surface area contributed by atoms with Gasteiger partial charge in [-0.05, 0) is 32.4 Å². The van der Waals surface area contributed by atoms with Crippen molar-refractivity contribution in [1.82, 2.24) is 10.3 Å². The number of halogens is 1. The van der Waals surface area contributed by atoms with Gasteiger partial charge in [-0.2, -0.15) is 5.26 Å². The fourth-order valence-corrected chi connectivity index (χ4v) is 3.13. The maximum absolute atomic E-state index is 8.88. The summed E-state index contributed by atoms with van der Waals surface area (Å²) >= 11 is 7.27. The Morgan fingerprint density at radius 3 is 3.06 bits per heavy atom. The van der Waals surface area contributed by atoms with Crippen LogP contribution in [-0.2, 0) is 0 Å². The van der Waals surface area contributed by atoms with E-state index in [0.29, 0.717) is 16.1 Å². The minimum atomic E-state index is 0.325. The van der Waals surface area contributed by atoms with Crippen LogP contribution in [0.3, 0.4) is 0 Å². The van der Waals surface area contributed by atoms with Crippen LogP contribution in [0.4, 0.5) is 5.13 Å². The van der Waals surface area contributed by atoms with E-state index in [-0.39, 0.29) is 0 Å². The fraction of sp³-hybridized carbons (Fsp3) is 0.636. The second-order valence-corrected chi connectivity index (χ2v) is 5.51. The molecule has 92 valence electrons. The van der Waals surface area contributed by atoms with Crippen LogP contribution < -0.4 is 10.2 Å². The number of hydrogen-bond acceptors (Lipinski definition) is 5. The third kappa shape index (κ3) is 2.89. The van der Waals surface area contributed by atoms with Crippen LogP contribution in [0.5, 0.6) is 0 Å². The molecule has 1 aromatic rings. The molecule has 1 saturated heterocycles. The molecule has 0 aliphatic carbocycles. The van der Waals surface area contributed by atoms with E-state index in [9.17, 15) is 0 Å². The quantitative estimate of drug-likeness (QED) is 0.896. The topological polar surface area (TPSA) is 52.0 Å². The number of hydrogen-bond donors (Lipinski definition) is 1. The van der Waals surface area contributed by atoms with Gasteiger partial charge < -0.3 is 10.2 Å². The second-order valence-electron chi connectivity index (χ2n) is 4.17. The lowest BCUT2D eigenvalue weighted by Gasteiger charge is -2.26. The Morgan fingerprint density at radius 1 is 1.53 bits per heavy atom. The van der Waals surface area contributed by atoms with E-state index in [1.165, 1.54) is 17.8 Å². The van der Waals surface area contributed by atoms with Gasteiger partial charge >= 0.3 is 0 Å². The second kappa shape index (κ2) is 5.67. The minimum Gasteiger partial charge on any atom is -0.348 e. The maximum atomic E-state index is 8.88. The third-order valence-corrected chi connectivity index (χ3v) is 4.51. The predicted octanol–water partition coefficient (Wildman–Crippen LogP) is 2.25. The first-order valence-corrected chi connectivity index (χ1v) is 6.92. The summed E-state index contributed by atoms with van der Waals surface area (Å²) in [4.78, 5) is 6.91. The molecule has 2 rings (SSSR count). The number of nitrogens with zero attached hydrogens (tertiary/aromatic N) is 3. The maximum Gasteiger partial charge on any atom is 0.188 e. The van der Waals surface area contributed by atoms with E-state index in [1.54, 1.807) is 0 Å². The lowest BCUT2D eigenvalue weighted by atomic mass is 10.1.